The van der Waals surface area contributed by atoms with Gasteiger partial charge in [-0.1, -0.05) is 25.1 Å². The number of hydrogen-bond donors (Lipinski definition) is 2. The van der Waals surface area contributed by atoms with Crippen molar-refractivity contribution in [3.05, 3.63) is 62.3 Å². The lowest BCUT2D eigenvalue weighted by Gasteiger charge is -2.17. The average Bonchev–Trinajstić information content (AvgIpc) is 3.01. The second-order valence-electron chi connectivity index (χ2n) is 7.50. The highest BCUT2D eigenvalue weighted by Crippen LogP contribution is 2.35. The van der Waals surface area contributed by atoms with Gasteiger partial charge in [-0.2, -0.15) is 0 Å². The van der Waals surface area contributed by atoms with Gasteiger partial charge >= 0.3 is 0 Å². The summed E-state index contributed by atoms with van der Waals surface area (Å²) >= 11 is 1.66. The van der Waals surface area contributed by atoms with Gasteiger partial charge in [0.05, 0.1) is 11.4 Å². The van der Waals surface area contributed by atoms with Crippen LogP contribution in [0.2, 0.25) is 0 Å². The van der Waals surface area contributed by atoms with Crippen LogP contribution in [0.5, 0.6) is 0 Å². The fourth-order valence-electron chi connectivity index (χ4n) is 3.79. The van der Waals surface area contributed by atoms with Gasteiger partial charge in [0.1, 0.15) is 16.5 Å². The van der Waals surface area contributed by atoms with E-state index >= 15 is 0 Å². The van der Waals surface area contributed by atoms with Crippen molar-refractivity contribution in [3.63, 3.8) is 0 Å². The summed E-state index contributed by atoms with van der Waals surface area (Å²) in [4.78, 5) is 22.6. The van der Waals surface area contributed by atoms with Gasteiger partial charge in [0.15, 0.2) is 0 Å². The van der Waals surface area contributed by atoms with Crippen LogP contribution < -0.4 is 10.9 Å². The Morgan fingerprint density at radius 3 is 3.04 bits per heavy atom. The van der Waals surface area contributed by atoms with Crippen LogP contribution in [0.25, 0.3) is 10.2 Å². The molecule has 0 spiro atoms. The van der Waals surface area contributed by atoms with Crippen molar-refractivity contribution < 1.29 is 4.39 Å². The zero-order chi connectivity index (χ0) is 19.0. The van der Waals surface area contributed by atoms with E-state index in [0.29, 0.717) is 30.3 Å². The minimum atomic E-state index is -0.182. The molecule has 3 aromatic rings. The predicted octanol–water partition coefficient (Wildman–Crippen LogP) is 4.14. The molecule has 1 aromatic carbocycles. The van der Waals surface area contributed by atoms with E-state index in [4.69, 9.17) is 4.98 Å². The first-order valence-electron chi connectivity index (χ1n) is 9.54. The Kier molecular flexibility index (Phi) is 5.10. The Hall–Kier alpha value is -2.05. The molecule has 4 nitrogen and oxygen atoms in total. The number of thiophene rings is 1. The molecular weight excluding hydrogens is 361 g/mol. The van der Waals surface area contributed by atoms with Crippen LogP contribution in [0.4, 0.5) is 4.39 Å². The summed E-state index contributed by atoms with van der Waals surface area (Å²) in [6, 6.07) is 6.71. The predicted molar refractivity (Wildman–Crippen MR) is 108 cm³/mol. The molecule has 2 N–H and O–H groups in total. The third kappa shape index (κ3) is 3.69. The van der Waals surface area contributed by atoms with Crippen LogP contribution in [-0.4, -0.2) is 16.5 Å². The molecule has 2 atom stereocenters. The van der Waals surface area contributed by atoms with E-state index in [0.717, 1.165) is 29.5 Å². The van der Waals surface area contributed by atoms with Crippen LogP contribution in [0, 0.1) is 11.7 Å². The van der Waals surface area contributed by atoms with Crippen molar-refractivity contribution in [1.29, 1.82) is 0 Å². The first-order chi connectivity index (χ1) is 13.0. The summed E-state index contributed by atoms with van der Waals surface area (Å²) in [5.41, 5.74) is 1.85. The summed E-state index contributed by atoms with van der Waals surface area (Å²) in [7, 11) is 0. The molecule has 0 saturated heterocycles. The first kappa shape index (κ1) is 18.3. The number of aryl methyl sites for hydroxylation is 1. The Morgan fingerprint density at radius 2 is 2.22 bits per heavy atom. The third-order valence-corrected chi connectivity index (χ3v) is 6.54. The zero-order valence-corrected chi connectivity index (χ0v) is 16.5. The van der Waals surface area contributed by atoms with Gasteiger partial charge < -0.3 is 10.3 Å². The largest absolute Gasteiger partial charge is 0.309 e. The minimum absolute atomic E-state index is 0.0372. The van der Waals surface area contributed by atoms with Crippen molar-refractivity contribution >= 4 is 21.6 Å². The molecule has 0 aliphatic heterocycles. The van der Waals surface area contributed by atoms with E-state index in [9.17, 15) is 9.18 Å². The molecule has 142 valence electrons. The van der Waals surface area contributed by atoms with Crippen LogP contribution in [0.3, 0.4) is 0 Å². The molecule has 4 rings (SSSR count). The van der Waals surface area contributed by atoms with Crippen LogP contribution in [0.1, 0.15) is 48.1 Å². The van der Waals surface area contributed by atoms with Crippen LogP contribution in [-0.2, 0) is 19.3 Å². The number of aromatic nitrogens is 2. The third-order valence-electron chi connectivity index (χ3n) is 5.40. The number of H-pyrrole nitrogens is 1. The monoisotopic (exact) mass is 385 g/mol. The summed E-state index contributed by atoms with van der Waals surface area (Å²) in [5.74, 6) is 1.13. The number of fused-ring (bicyclic) bond motifs is 3. The fraction of sp³-hybridized carbons (Fsp3) is 0.429. The molecule has 0 radical (unpaired) electrons. The molecule has 0 saturated carbocycles. The Bertz CT molecular complexity index is 1030. The maximum Gasteiger partial charge on any atom is 0.259 e. The quantitative estimate of drug-likeness (QED) is 0.694. The average molecular weight is 386 g/mol. The SMILES string of the molecule is C[C@@H]1CCc2c(sc3nc([C@@H](C)NCCc4ccccc4F)[nH]c(=O)c23)C1. The topological polar surface area (TPSA) is 57.8 Å². The maximum absolute atomic E-state index is 13.7. The van der Waals surface area contributed by atoms with E-state index in [1.165, 1.54) is 16.5 Å². The van der Waals surface area contributed by atoms with E-state index in [1.54, 1.807) is 23.5 Å². The number of aromatic amines is 1. The summed E-state index contributed by atoms with van der Waals surface area (Å²) in [6.07, 6.45) is 3.74. The molecule has 0 fully saturated rings. The smallest absolute Gasteiger partial charge is 0.259 e. The number of halogens is 1. The highest BCUT2D eigenvalue weighted by molar-refractivity contribution is 7.18. The number of nitrogens with zero attached hydrogens (tertiary/aromatic N) is 1. The lowest BCUT2D eigenvalue weighted by atomic mass is 9.89. The number of hydrogen-bond acceptors (Lipinski definition) is 4. The van der Waals surface area contributed by atoms with Crippen LogP contribution >= 0.6 is 11.3 Å². The number of benzene rings is 1. The molecule has 2 aromatic heterocycles. The van der Waals surface area contributed by atoms with Crippen molar-refractivity contribution in [1.82, 2.24) is 15.3 Å². The number of rotatable bonds is 5. The Morgan fingerprint density at radius 1 is 1.41 bits per heavy atom. The van der Waals surface area contributed by atoms with Gasteiger partial charge in [-0.15, -0.1) is 11.3 Å². The molecule has 0 unspecified atom stereocenters. The van der Waals surface area contributed by atoms with E-state index in [1.807, 2.05) is 13.0 Å². The molecule has 0 bridgehead atoms. The highest BCUT2D eigenvalue weighted by Gasteiger charge is 2.23. The molecule has 2 heterocycles. The Balaban J connectivity index is 1.51. The van der Waals surface area contributed by atoms with E-state index < -0.39 is 0 Å². The van der Waals surface area contributed by atoms with E-state index in [-0.39, 0.29) is 17.4 Å². The van der Waals surface area contributed by atoms with Crippen LogP contribution in [0.15, 0.2) is 29.1 Å². The number of nitrogens with one attached hydrogen (secondary N) is 2. The normalized spacial score (nSPS) is 17.8. The van der Waals surface area contributed by atoms with Gasteiger partial charge in [0.25, 0.3) is 5.56 Å². The second kappa shape index (κ2) is 7.52. The van der Waals surface area contributed by atoms with Crippen molar-refractivity contribution in [2.24, 2.45) is 5.92 Å². The van der Waals surface area contributed by atoms with Gasteiger partial charge in [0, 0.05) is 4.88 Å². The summed E-state index contributed by atoms with van der Waals surface area (Å²) < 4.78 is 13.7. The molecule has 6 heteroatoms. The highest BCUT2D eigenvalue weighted by atomic mass is 32.1. The lowest BCUT2D eigenvalue weighted by Crippen LogP contribution is -2.25. The van der Waals surface area contributed by atoms with Gasteiger partial charge in [-0.05, 0) is 62.3 Å². The molecule has 1 aliphatic carbocycles. The fourth-order valence-corrected chi connectivity index (χ4v) is 5.18. The van der Waals surface area contributed by atoms with Crippen molar-refractivity contribution in [2.75, 3.05) is 6.54 Å². The molecule has 27 heavy (non-hydrogen) atoms. The zero-order valence-electron chi connectivity index (χ0n) is 15.6. The molecular formula is C21H24FN3OS. The minimum Gasteiger partial charge on any atom is -0.309 e. The van der Waals surface area contributed by atoms with Gasteiger partial charge in [-0.25, -0.2) is 9.37 Å². The second-order valence-corrected chi connectivity index (χ2v) is 8.58. The van der Waals surface area contributed by atoms with Crippen molar-refractivity contribution in [3.8, 4) is 0 Å². The van der Waals surface area contributed by atoms with Gasteiger partial charge in [-0.3, -0.25) is 4.79 Å². The maximum atomic E-state index is 13.7. The van der Waals surface area contributed by atoms with Gasteiger partial charge in [0.2, 0.25) is 0 Å². The van der Waals surface area contributed by atoms with Crippen molar-refractivity contribution in [2.45, 2.75) is 45.6 Å². The Labute approximate surface area is 161 Å². The van der Waals surface area contributed by atoms with E-state index in [2.05, 4.69) is 17.2 Å². The summed E-state index contributed by atoms with van der Waals surface area (Å²) in [5, 5.41) is 4.12. The standard InChI is InChI=1S/C21H24FN3OS/c1-12-7-8-15-17(11-12)27-21-18(15)20(26)24-19(25-21)13(2)23-10-9-14-5-3-4-6-16(14)22/h3-6,12-13,23H,7-11H2,1-2H3,(H,24,25,26)/t12-,13-/m1/s1. The summed E-state index contributed by atoms with van der Waals surface area (Å²) in [6.45, 7) is 4.85. The molecule has 0 amide bonds. The molecule has 1 aliphatic rings. The lowest BCUT2D eigenvalue weighted by molar-refractivity contribution is 0.509. The first-order valence-corrected chi connectivity index (χ1v) is 10.4.